The minimum absolute atomic E-state index is 0.0220. The molecule has 1 aliphatic rings. The van der Waals surface area contributed by atoms with Crippen LogP contribution in [0.25, 0.3) is 16.6 Å². The van der Waals surface area contributed by atoms with Gasteiger partial charge in [-0.25, -0.2) is 9.36 Å². The molecule has 1 saturated carbocycles. The van der Waals surface area contributed by atoms with Gasteiger partial charge in [0.05, 0.1) is 32.1 Å². The lowest BCUT2D eigenvalue weighted by Crippen LogP contribution is -2.34. The lowest BCUT2D eigenvalue weighted by molar-refractivity contribution is 0.100. The fraction of sp³-hybridized carbons (Fsp3) is 0.240. The number of carbonyl (C=O) groups is 2. The average Bonchev–Trinajstić information content (AvgIpc) is 3.34. The standard InChI is InChI=1S/C13H8ClN3O4S2.C8H6ClN.C4H8/c1-4(18)7-2-6(10(14)23-7)17-12(20)8-5(16-13(17)21)3-22-9(8)11(15)19;1-6-3-2-4-7(5-10)8(6)9;1-4-2-3-4/h2-3H,1H3,(H2,15,19)(H,16,21);2-4H,1H3;4H,2-3H2,1H3. The van der Waals surface area contributed by atoms with Crippen molar-refractivity contribution in [2.24, 2.45) is 11.7 Å². The lowest BCUT2D eigenvalue weighted by Gasteiger charge is -2.03. The van der Waals surface area contributed by atoms with E-state index < -0.39 is 17.2 Å². The predicted molar refractivity (Wildman–Crippen MR) is 149 cm³/mol. The molecule has 1 aliphatic carbocycles. The Hall–Kier alpha value is -3.23. The van der Waals surface area contributed by atoms with Crippen molar-refractivity contribution in [1.29, 1.82) is 5.26 Å². The van der Waals surface area contributed by atoms with Crippen molar-refractivity contribution in [2.75, 3.05) is 0 Å². The SMILES string of the molecule is CC(=O)c1cc(-n2c(=O)[nH]c3csc(C(N)=O)c3c2=O)c(Cl)s1.CC1CC1.Cc1cccc(C#N)c1Cl. The smallest absolute Gasteiger partial charge is 0.333 e. The Balaban J connectivity index is 0.000000222. The van der Waals surface area contributed by atoms with Crippen molar-refractivity contribution in [1.82, 2.24) is 9.55 Å². The van der Waals surface area contributed by atoms with Crippen molar-refractivity contribution in [3.63, 3.8) is 0 Å². The van der Waals surface area contributed by atoms with Gasteiger partial charge in [0.25, 0.3) is 11.5 Å². The number of nitrogens with one attached hydrogen (secondary N) is 1. The summed E-state index contributed by atoms with van der Waals surface area (Å²) in [6.45, 7) is 5.51. The van der Waals surface area contributed by atoms with Crippen LogP contribution in [0.1, 0.15) is 57.2 Å². The monoisotopic (exact) mass is 576 g/mol. The summed E-state index contributed by atoms with van der Waals surface area (Å²) in [5.74, 6) is 0.0867. The number of thiophene rings is 2. The molecule has 0 atom stereocenters. The summed E-state index contributed by atoms with van der Waals surface area (Å²) >= 11 is 13.8. The molecule has 0 radical (unpaired) electrons. The van der Waals surface area contributed by atoms with E-state index in [1.807, 2.05) is 25.1 Å². The number of amides is 1. The number of ketones is 1. The Morgan fingerprint density at radius 1 is 1.24 bits per heavy atom. The molecule has 1 aromatic carbocycles. The van der Waals surface area contributed by atoms with Gasteiger partial charge < -0.3 is 10.7 Å². The number of primary amides is 1. The van der Waals surface area contributed by atoms with Crippen LogP contribution in [0.3, 0.4) is 0 Å². The Bertz CT molecular complexity index is 1660. The maximum absolute atomic E-state index is 12.7. The second-order valence-corrected chi connectivity index (χ2v) is 11.3. The molecule has 192 valence electrons. The fourth-order valence-electron chi connectivity index (χ4n) is 3.02. The number of hydrogen-bond acceptors (Lipinski definition) is 7. The zero-order valence-corrected chi connectivity index (χ0v) is 23.2. The summed E-state index contributed by atoms with van der Waals surface area (Å²) < 4.78 is 0.922. The zero-order chi connectivity index (χ0) is 27.4. The average molecular weight is 578 g/mol. The minimum atomic E-state index is -0.762. The third kappa shape index (κ3) is 6.56. The number of nitrogens with two attached hydrogens (primary N) is 1. The first kappa shape index (κ1) is 28.3. The first-order valence-corrected chi connectivity index (χ1v) is 13.4. The Morgan fingerprint density at radius 3 is 2.38 bits per heavy atom. The number of hydrogen-bond donors (Lipinski definition) is 2. The highest BCUT2D eigenvalue weighted by Gasteiger charge is 2.21. The van der Waals surface area contributed by atoms with Crippen molar-refractivity contribution in [3.05, 3.63) is 80.7 Å². The van der Waals surface area contributed by atoms with E-state index in [0.29, 0.717) is 15.5 Å². The number of fused-ring (bicyclic) bond motifs is 1. The highest BCUT2D eigenvalue weighted by molar-refractivity contribution is 7.18. The first-order chi connectivity index (χ1) is 17.5. The second kappa shape index (κ2) is 11.9. The van der Waals surface area contributed by atoms with Crippen LogP contribution in [-0.4, -0.2) is 21.2 Å². The molecule has 3 heterocycles. The summed E-state index contributed by atoms with van der Waals surface area (Å²) in [6, 6.07) is 8.77. The first-order valence-electron chi connectivity index (χ1n) is 11.0. The molecular formula is C25H22Cl2N4O4S2. The molecule has 0 bridgehead atoms. The zero-order valence-electron chi connectivity index (χ0n) is 20.1. The quantitative estimate of drug-likeness (QED) is 0.301. The number of nitriles is 1. The number of aromatic nitrogens is 2. The number of Topliss-reactive ketones (excluding diaryl/α,β-unsaturated/α-hetero) is 1. The number of rotatable bonds is 3. The van der Waals surface area contributed by atoms with E-state index in [-0.39, 0.29) is 31.6 Å². The molecule has 0 unspecified atom stereocenters. The highest BCUT2D eigenvalue weighted by Crippen LogP contribution is 2.30. The highest BCUT2D eigenvalue weighted by atomic mass is 35.5. The normalized spacial score (nSPS) is 12.1. The predicted octanol–water partition coefficient (Wildman–Crippen LogP) is 5.69. The van der Waals surface area contributed by atoms with Gasteiger partial charge in [-0.15, -0.1) is 22.7 Å². The van der Waals surface area contributed by atoms with E-state index >= 15 is 0 Å². The molecule has 37 heavy (non-hydrogen) atoms. The molecule has 1 amide bonds. The Labute approximate surface area is 229 Å². The number of halogens is 2. The third-order valence-electron chi connectivity index (χ3n) is 5.31. The minimum Gasteiger partial charge on any atom is -0.365 e. The topological polar surface area (TPSA) is 139 Å². The van der Waals surface area contributed by atoms with Crippen molar-refractivity contribution in [2.45, 2.75) is 33.6 Å². The number of aromatic amines is 1. The van der Waals surface area contributed by atoms with Gasteiger partial charge in [-0.2, -0.15) is 5.26 Å². The second-order valence-electron chi connectivity index (χ2n) is 8.35. The van der Waals surface area contributed by atoms with E-state index in [1.165, 1.54) is 31.2 Å². The van der Waals surface area contributed by atoms with Crippen LogP contribution in [0.2, 0.25) is 9.36 Å². The molecule has 12 heteroatoms. The van der Waals surface area contributed by atoms with Crippen LogP contribution in [-0.2, 0) is 0 Å². The van der Waals surface area contributed by atoms with Gasteiger partial charge in [0.2, 0.25) is 0 Å². The Kier molecular flexibility index (Phi) is 9.10. The summed E-state index contributed by atoms with van der Waals surface area (Å²) in [5, 5.41) is 10.6. The van der Waals surface area contributed by atoms with Crippen molar-refractivity contribution < 1.29 is 9.59 Å². The van der Waals surface area contributed by atoms with E-state index in [2.05, 4.69) is 11.9 Å². The van der Waals surface area contributed by atoms with E-state index in [4.69, 9.17) is 34.2 Å². The van der Waals surface area contributed by atoms with Crippen LogP contribution < -0.4 is 17.0 Å². The summed E-state index contributed by atoms with van der Waals surface area (Å²) in [4.78, 5) is 50.7. The van der Waals surface area contributed by atoms with Gasteiger partial charge in [-0.3, -0.25) is 14.4 Å². The van der Waals surface area contributed by atoms with Crippen LogP contribution in [0.5, 0.6) is 0 Å². The lowest BCUT2D eigenvalue weighted by atomic mass is 10.1. The molecule has 3 aromatic heterocycles. The fourth-order valence-corrected chi connectivity index (χ4v) is 5.19. The summed E-state index contributed by atoms with van der Waals surface area (Å²) in [7, 11) is 0. The van der Waals surface area contributed by atoms with Crippen LogP contribution in [0.15, 0.2) is 39.2 Å². The van der Waals surface area contributed by atoms with Crippen molar-refractivity contribution in [3.8, 4) is 11.8 Å². The molecule has 8 nitrogen and oxygen atoms in total. The number of carbonyl (C=O) groups excluding carboxylic acids is 2. The molecule has 0 saturated heterocycles. The molecule has 0 aliphatic heterocycles. The summed E-state index contributed by atoms with van der Waals surface area (Å²) in [5.41, 5.74) is 5.64. The van der Waals surface area contributed by atoms with E-state index in [1.54, 1.807) is 6.07 Å². The Morgan fingerprint density at radius 2 is 1.89 bits per heavy atom. The molecular weight excluding hydrogens is 555 g/mol. The number of aryl methyl sites for hydroxylation is 1. The molecule has 4 aromatic rings. The summed E-state index contributed by atoms with van der Waals surface area (Å²) in [6.07, 6.45) is 2.97. The van der Waals surface area contributed by atoms with E-state index in [0.717, 1.165) is 38.7 Å². The molecule has 0 spiro atoms. The largest absolute Gasteiger partial charge is 0.365 e. The van der Waals surface area contributed by atoms with Gasteiger partial charge in [0.1, 0.15) is 15.3 Å². The molecule has 3 N–H and O–H groups in total. The molecule has 5 rings (SSSR count). The van der Waals surface area contributed by atoms with Crippen LogP contribution in [0.4, 0.5) is 0 Å². The van der Waals surface area contributed by atoms with Crippen molar-refractivity contribution >= 4 is 68.5 Å². The number of H-pyrrole nitrogens is 1. The van der Waals surface area contributed by atoms with Gasteiger partial charge in [-0.1, -0.05) is 55.1 Å². The van der Waals surface area contributed by atoms with Crippen LogP contribution >= 0.6 is 45.9 Å². The number of nitrogens with zero attached hydrogens (tertiary/aromatic N) is 2. The van der Waals surface area contributed by atoms with Gasteiger partial charge in [-0.05, 0) is 37.5 Å². The number of benzene rings is 1. The maximum atomic E-state index is 12.7. The van der Waals surface area contributed by atoms with Crippen LogP contribution in [0, 0.1) is 24.2 Å². The molecule has 1 fully saturated rings. The van der Waals surface area contributed by atoms with Gasteiger partial charge in [0.15, 0.2) is 5.78 Å². The van der Waals surface area contributed by atoms with E-state index in [9.17, 15) is 19.2 Å². The van der Waals surface area contributed by atoms with Gasteiger partial charge >= 0.3 is 5.69 Å². The maximum Gasteiger partial charge on any atom is 0.333 e. The third-order valence-corrected chi connectivity index (χ3v) is 8.25. The van der Waals surface area contributed by atoms with Gasteiger partial charge in [0, 0.05) is 5.38 Å².